The molecular weight excluding hydrogens is 190 g/mol. The van der Waals surface area contributed by atoms with Crippen molar-refractivity contribution in [1.82, 2.24) is 5.32 Å². The maximum atomic E-state index is 5.68. The summed E-state index contributed by atoms with van der Waals surface area (Å²) >= 11 is 0. The fourth-order valence-electron chi connectivity index (χ4n) is 2.21. The summed E-state index contributed by atoms with van der Waals surface area (Å²) in [4.78, 5) is 0. The number of hydrogen-bond donors (Lipinski definition) is 1. The average Bonchev–Trinajstić information content (AvgIpc) is 2.17. The van der Waals surface area contributed by atoms with Crippen LogP contribution in [0.4, 0.5) is 0 Å². The minimum Gasteiger partial charge on any atom is -0.380 e. The molecule has 1 unspecified atom stereocenters. The largest absolute Gasteiger partial charge is 0.380 e. The molecule has 1 N–H and O–H groups in total. The summed E-state index contributed by atoms with van der Waals surface area (Å²) in [5, 5.41) is 3.49. The molecule has 0 aromatic heterocycles. The van der Waals surface area contributed by atoms with Gasteiger partial charge in [0.15, 0.2) is 0 Å². The average molecular weight is 215 g/mol. The SMILES string of the molecule is CCCOCC(NCC)C1(OC)CCC1. The van der Waals surface area contributed by atoms with Crippen LogP contribution in [0.3, 0.4) is 0 Å². The lowest BCUT2D eigenvalue weighted by Crippen LogP contribution is -2.58. The number of hydrogen-bond acceptors (Lipinski definition) is 3. The minimum atomic E-state index is 0.0454. The highest BCUT2D eigenvalue weighted by atomic mass is 16.5. The first kappa shape index (κ1) is 12.9. The highest BCUT2D eigenvalue weighted by Crippen LogP contribution is 2.38. The first-order chi connectivity index (χ1) is 7.29. The second-order valence-electron chi connectivity index (χ2n) is 4.31. The van der Waals surface area contributed by atoms with Gasteiger partial charge in [0.2, 0.25) is 0 Å². The number of methoxy groups -OCH3 is 1. The fourth-order valence-corrected chi connectivity index (χ4v) is 2.21. The third-order valence-corrected chi connectivity index (χ3v) is 3.32. The molecule has 0 heterocycles. The Labute approximate surface area is 93.5 Å². The Bertz CT molecular complexity index is 163. The van der Waals surface area contributed by atoms with Crippen molar-refractivity contribution in [1.29, 1.82) is 0 Å². The summed E-state index contributed by atoms with van der Waals surface area (Å²) in [5.74, 6) is 0. The number of nitrogens with one attached hydrogen (secondary N) is 1. The molecule has 1 rings (SSSR count). The maximum Gasteiger partial charge on any atom is 0.0853 e. The summed E-state index contributed by atoms with van der Waals surface area (Å²) in [6.45, 7) is 6.87. The van der Waals surface area contributed by atoms with Crippen molar-refractivity contribution >= 4 is 0 Å². The Hall–Kier alpha value is -0.120. The van der Waals surface area contributed by atoms with Crippen molar-refractivity contribution in [2.45, 2.75) is 51.2 Å². The van der Waals surface area contributed by atoms with E-state index in [-0.39, 0.29) is 5.60 Å². The molecule has 1 aliphatic carbocycles. The van der Waals surface area contributed by atoms with Crippen LogP contribution in [-0.4, -0.2) is 38.5 Å². The molecule has 0 saturated heterocycles. The van der Waals surface area contributed by atoms with E-state index in [1.807, 2.05) is 7.11 Å². The molecule has 1 saturated carbocycles. The van der Waals surface area contributed by atoms with Crippen LogP contribution in [0.1, 0.15) is 39.5 Å². The van der Waals surface area contributed by atoms with Crippen molar-refractivity contribution < 1.29 is 9.47 Å². The smallest absolute Gasteiger partial charge is 0.0853 e. The monoisotopic (exact) mass is 215 g/mol. The van der Waals surface area contributed by atoms with Gasteiger partial charge in [0.25, 0.3) is 0 Å². The zero-order chi connectivity index (χ0) is 11.1. The predicted molar refractivity (Wildman–Crippen MR) is 62.2 cm³/mol. The number of ether oxygens (including phenoxy) is 2. The van der Waals surface area contributed by atoms with E-state index in [2.05, 4.69) is 19.2 Å². The Balaban J connectivity index is 2.40. The molecule has 3 nitrogen and oxygen atoms in total. The van der Waals surface area contributed by atoms with Crippen LogP contribution >= 0.6 is 0 Å². The van der Waals surface area contributed by atoms with Gasteiger partial charge < -0.3 is 14.8 Å². The Kier molecular flexibility index (Phi) is 5.58. The molecule has 0 spiro atoms. The summed E-state index contributed by atoms with van der Waals surface area (Å²) < 4.78 is 11.3. The van der Waals surface area contributed by atoms with Crippen LogP contribution < -0.4 is 5.32 Å². The van der Waals surface area contributed by atoms with Crippen LogP contribution in [-0.2, 0) is 9.47 Å². The van der Waals surface area contributed by atoms with Crippen LogP contribution in [0.15, 0.2) is 0 Å². The molecule has 15 heavy (non-hydrogen) atoms. The quantitative estimate of drug-likeness (QED) is 0.628. The number of likely N-dealkylation sites (N-methyl/N-ethyl adjacent to an activating group) is 1. The van der Waals surface area contributed by atoms with Gasteiger partial charge in [-0.25, -0.2) is 0 Å². The summed E-state index contributed by atoms with van der Waals surface area (Å²) in [6, 6.07) is 0.354. The Morgan fingerprint density at radius 2 is 2.07 bits per heavy atom. The van der Waals surface area contributed by atoms with Crippen molar-refractivity contribution in [3.63, 3.8) is 0 Å². The van der Waals surface area contributed by atoms with E-state index >= 15 is 0 Å². The predicted octanol–water partition coefficient (Wildman–Crippen LogP) is 1.96. The second-order valence-corrected chi connectivity index (χ2v) is 4.31. The van der Waals surface area contributed by atoms with Gasteiger partial charge in [-0.05, 0) is 32.2 Å². The van der Waals surface area contributed by atoms with Gasteiger partial charge in [0.1, 0.15) is 0 Å². The third-order valence-electron chi connectivity index (χ3n) is 3.32. The first-order valence-electron chi connectivity index (χ1n) is 6.15. The zero-order valence-corrected chi connectivity index (χ0v) is 10.3. The highest BCUT2D eigenvalue weighted by Gasteiger charge is 2.44. The zero-order valence-electron chi connectivity index (χ0n) is 10.3. The van der Waals surface area contributed by atoms with E-state index in [0.29, 0.717) is 6.04 Å². The second kappa shape index (κ2) is 6.46. The normalized spacial score (nSPS) is 21.0. The molecule has 0 amide bonds. The van der Waals surface area contributed by atoms with Gasteiger partial charge >= 0.3 is 0 Å². The lowest BCUT2D eigenvalue weighted by Gasteiger charge is -2.46. The van der Waals surface area contributed by atoms with E-state index in [1.54, 1.807) is 0 Å². The minimum absolute atomic E-state index is 0.0454. The van der Waals surface area contributed by atoms with Crippen molar-refractivity contribution in [3.05, 3.63) is 0 Å². The standard InChI is InChI=1S/C12H25NO2/c1-4-9-15-10-11(13-5-2)12(14-3)7-6-8-12/h11,13H,4-10H2,1-3H3. The van der Waals surface area contributed by atoms with Crippen molar-refractivity contribution in [2.75, 3.05) is 26.9 Å². The van der Waals surface area contributed by atoms with E-state index in [4.69, 9.17) is 9.47 Å². The molecule has 0 aromatic rings. The molecule has 1 fully saturated rings. The summed E-state index contributed by atoms with van der Waals surface area (Å²) in [6.07, 6.45) is 4.69. The molecule has 0 bridgehead atoms. The van der Waals surface area contributed by atoms with Crippen LogP contribution in [0, 0.1) is 0 Å². The Morgan fingerprint density at radius 1 is 1.33 bits per heavy atom. The number of rotatable bonds is 8. The van der Waals surface area contributed by atoms with Gasteiger partial charge in [0.05, 0.1) is 18.2 Å². The fraction of sp³-hybridized carbons (Fsp3) is 1.00. The van der Waals surface area contributed by atoms with Crippen molar-refractivity contribution in [3.8, 4) is 0 Å². The molecule has 1 atom stereocenters. The molecule has 0 aliphatic heterocycles. The van der Waals surface area contributed by atoms with Gasteiger partial charge in [-0.3, -0.25) is 0 Å². The molecular formula is C12H25NO2. The van der Waals surface area contributed by atoms with Gasteiger partial charge in [-0.1, -0.05) is 13.8 Å². The molecule has 0 aromatic carbocycles. The van der Waals surface area contributed by atoms with E-state index in [9.17, 15) is 0 Å². The third kappa shape index (κ3) is 3.16. The first-order valence-corrected chi connectivity index (χ1v) is 6.15. The summed E-state index contributed by atoms with van der Waals surface area (Å²) in [5.41, 5.74) is 0.0454. The topological polar surface area (TPSA) is 30.5 Å². The molecule has 90 valence electrons. The molecule has 0 radical (unpaired) electrons. The van der Waals surface area contributed by atoms with E-state index in [1.165, 1.54) is 6.42 Å². The van der Waals surface area contributed by atoms with E-state index in [0.717, 1.165) is 39.0 Å². The maximum absolute atomic E-state index is 5.68. The lowest BCUT2D eigenvalue weighted by atomic mass is 9.74. The van der Waals surface area contributed by atoms with Gasteiger partial charge in [0, 0.05) is 13.7 Å². The molecule has 3 heteroatoms. The van der Waals surface area contributed by atoms with E-state index < -0.39 is 0 Å². The van der Waals surface area contributed by atoms with Gasteiger partial charge in [-0.15, -0.1) is 0 Å². The Morgan fingerprint density at radius 3 is 2.47 bits per heavy atom. The summed E-state index contributed by atoms with van der Waals surface area (Å²) in [7, 11) is 1.82. The molecule has 1 aliphatic rings. The lowest BCUT2D eigenvalue weighted by molar-refractivity contribution is -0.114. The highest BCUT2D eigenvalue weighted by molar-refractivity contribution is 4.99. The van der Waals surface area contributed by atoms with Crippen LogP contribution in [0.2, 0.25) is 0 Å². The van der Waals surface area contributed by atoms with Crippen LogP contribution in [0.5, 0.6) is 0 Å². The van der Waals surface area contributed by atoms with Gasteiger partial charge in [-0.2, -0.15) is 0 Å². The van der Waals surface area contributed by atoms with Crippen molar-refractivity contribution in [2.24, 2.45) is 0 Å². The van der Waals surface area contributed by atoms with Crippen LogP contribution in [0.25, 0.3) is 0 Å².